The van der Waals surface area contributed by atoms with Crippen LogP contribution in [0.4, 0.5) is 23.2 Å². The third kappa shape index (κ3) is 3.78. The predicted octanol–water partition coefficient (Wildman–Crippen LogP) is 6.46. The molecule has 1 amide bonds. The Morgan fingerprint density at radius 3 is 2.63 bits per heavy atom. The van der Waals surface area contributed by atoms with Crippen molar-refractivity contribution in [2.45, 2.75) is 13.1 Å². The second-order valence-corrected chi connectivity index (χ2v) is 7.92. The van der Waals surface area contributed by atoms with Crippen LogP contribution in [-0.4, -0.2) is 15.7 Å². The van der Waals surface area contributed by atoms with E-state index in [1.54, 1.807) is 13.0 Å². The fourth-order valence-electron chi connectivity index (χ4n) is 2.92. The van der Waals surface area contributed by atoms with Crippen LogP contribution in [0.3, 0.4) is 0 Å². The van der Waals surface area contributed by atoms with Gasteiger partial charge >= 0.3 is 6.18 Å². The standard InChI is InChI=1S/C20H12ClF4N3OS/c1-10-14-9-17(18(29)26-16-6-5-12(21)8-15(16)22)30-19(14)28(27-10)13-4-2-3-11(7-13)20(23,24)25/h2-9H,1H3,(H,26,29). The summed E-state index contributed by atoms with van der Waals surface area (Å²) < 4.78 is 54.5. The number of halogens is 5. The first kappa shape index (κ1) is 20.4. The molecule has 30 heavy (non-hydrogen) atoms. The topological polar surface area (TPSA) is 46.9 Å². The smallest absolute Gasteiger partial charge is 0.319 e. The molecule has 0 saturated heterocycles. The Hall–Kier alpha value is -2.91. The minimum Gasteiger partial charge on any atom is -0.319 e. The molecule has 0 fully saturated rings. The first-order chi connectivity index (χ1) is 14.1. The van der Waals surface area contributed by atoms with Gasteiger partial charge in [-0.05, 0) is 49.4 Å². The summed E-state index contributed by atoms with van der Waals surface area (Å²) in [5.74, 6) is -1.23. The maximum absolute atomic E-state index is 14.0. The van der Waals surface area contributed by atoms with Gasteiger partial charge < -0.3 is 5.32 Å². The van der Waals surface area contributed by atoms with Crippen LogP contribution < -0.4 is 5.32 Å². The number of carbonyl (C=O) groups is 1. The lowest BCUT2D eigenvalue weighted by atomic mass is 10.2. The number of amides is 1. The molecule has 0 aliphatic rings. The Morgan fingerprint density at radius 2 is 1.93 bits per heavy atom. The summed E-state index contributed by atoms with van der Waals surface area (Å²) in [5.41, 5.74) is -0.0528. The van der Waals surface area contributed by atoms with Crippen molar-refractivity contribution in [2.75, 3.05) is 5.32 Å². The van der Waals surface area contributed by atoms with E-state index < -0.39 is 23.5 Å². The second kappa shape index (κ2) is 7.41. The zero-order valence-corrected chi connectivity index (χ0v) is 16.8. The summed E-state index contributed by atoms with van der Waals surface area (Å²) in [6.45, 7) is 1.69. The number of nitrogens with zero attached hydrogens (tertiary/aromatic N) is 2. The van der Waals surface area contributed by atoms with Crippen molar-refractivity contribution in [2.24, 2.45) is 0 Å². The van der Waals surface area contributed by atoms with Gasteiger partial charge in [0.05, 0.1) is 27.5 Å². The summed E-state index contributed by atoms with van der Waals surface area (Å²) in [6, 6.07) is 10.2. The average molecular weight is 454 g/mol. The molecule has 10 heteroatoms. The molecule has 0 saturated carbocycles. The first-order valence-electron chi connectivity index (χ1n) is 8.56. The molecule has 0 atom stereocenters. The third-order valence-electron chi connectivity index (χ3n) is 4.37. The van der Waals surface area contributed by atoms with Crippen molar-refractivity contribution in [3.63, 3.8) is 0 Å². The summed E-state index contributed by atoms with van der Waals surface area (Å²) in [4.78, 5) is 13.4. The van der Waals surface area contributed by atoms with Crippen LogP contribution in [0.2, 0.25) is 5.02 Å². The number of benzene rings is 2. The van der Waals surface area contributed by atoms with Crippen LogP contribution in [0.25, 0.3) is 15.9 Å². The number of rotatable bonds is 3. The van der Waals surface area contributed by atoms with E-state index in [4.69, 9.17) is 11.6 Å². The average Bonchev–Trinajstić information content (AvgIpc) is 3.24. The van der Waals surface area contributed by atoms with Gasteiger partial charge in [0, 0.05) is 10.4 Å². The molecule has 1 N–H and O–H groups in total. The summed E-state index contributed by atoms with van der Waals surface area (Å²) in [7, 11) is 0. The van der Waals surface area contributed by atoms with Gasteiger partial charge in [0.25, 0.3) is 5.91 Å². The van der Waals surface area contributed by atoms with Crippen molar-refractivity contribution in [3.8, 4) is 5.69 Å². The molecule has 0 unspecified atom stereocenters. The van der Waals surface area contributed by atoms with Gasteiger partial charge in [-0.2, -0.15) is 18.3 Å². The number of thiophene rings is 1. The lowest BCUT2D eigenvalue weighted by Crippen LogP contribution is -2.11. The van der Waals surface area contributed by atoms with E-state index in [-0.39, 0.29) is 21.3 Å². The quantitative estimate of drug-likeness (QED) is 0.362. The second-order valence-electron chi connectivity index (χ2n) is 6.45. The summed E-state index contributed by atoms with van der Waals surface area (Å²) in [6.07, 6.45) is -4.49. The number of fused-ring (bicyclic) bond motifs is 1. The molecule has 0 radical (unpaired) electrons. The number of nitrogens with one attached hydrogen (secondary N) is 1. The molecule has 4 rings (SSSR count). The zero-order valence-electron chi connectivity index (χ0n) is 15.2. The molecule has 0 aliphatic carbocycles. The summed E-state index contributed by atoms with van der Waals surface area (Å²) in [5, 5.41) is 7.60. The Kier molecular flexibility index (Phi) is 5.03. The molecule has 0 spiro atoms. The molecule has 4 aromatic rings. The van der Waals surface area contributed by atoms with E-state index in [9.17, 15) is 22.4 Å². The molecule has 4 nitrogen and oxygen atoms in total. The minimum absolute atomic E-state index is 0.0296. The van der Waals surface area contributed by atoms with Gasteiger partial charge in [0.1, 0.15) is 10.6 Å². The van der Waals surface area contributed by atoms with Crippen LogP contribution in [0.1, 0.15) is 20.9 Å². The normalized spacial score (nSPS) is 11.8. The van der Waals surface area contributed by atoms with Gasteiger partial charge in [-0.15, -0.1) is 11.3 Å². The number of aromatic nitrogens is 2. The van der Waals surface area contributed by atoms with Crippen LogP contribution in [0.15, 0.2) is 48.5 Å². The lowest BCUT2D eigenvalue weighted by molar-refractivity contribution is -0.137. The fourth-order valence-corrected chi connectivity index (χ4v) is 4.16. The SMILES string of the molecule is Cc1nn(-c2cccc(C(F)(F)F)c2)c2sc(C(=O)Nc3ccc(Cl)cc3F)cc12. The number of hydrogen-bond acceptors (Lipinski definition) is 3. The molecule has 0 bridgehead atoms. The largest absolute Gasteiger partial charge is 0.416 e. The Morgan fingerprint density at radius 1 is 1.17 bits per heavy atom. The third-order valence-corrected chi connectivity index (χ3v) is 5.71. The van der Waals surface area contributed by atoms with Gasteiger partial charge in [-0.3, -0.25) is 4.79 Å². The van der Waals surface area contributed by atoms with Gasteiger partial charge in [-0.25, -0.2) is 9.07 Å². The molecule has 2 aromatic heterocycles. The van der Waals surface area contributed by atoms with Crippen molar-refractivity contribution in [1.82, 2.24) is 9.78 Å². The highest BCUT2D eigenvalue weighted by molar-refractivity contribution is 7.20. The van der Waals surface area contributed by atoms with Gasteiger partial charge in [0.15, 0.2) is 0 Å². The van der Waals surface area contributed by atoms with Crippen molar-refractivity contribution >= 4 is 44.7 Å². The highest BCUT2D eigenvalue weighted by Gasteiger charge is 2.31. The van der Waals surface area contributed by atoms with Crippen molar-refractivity contribution in [1.29, 1.82) is 0 Å². The van der Waals surface area contributed by atoms with Crippen molar-refractivity contribution in [3.05, 3.63) is 75.5 Å². The highest BCUT2D eigenvalue weighted by Crippen LogP contribution is 2.34. The first-order valence-corrected chi connectivity index (χ1v) is 9.76. The number of alkyl halides is 3. The highest BCUT2D eigenvalue weighted by atomic mass is 35.5. The summed E-state index contributed by atoms with van der Waals surface area (Å²) >= 11 is 6.76. The number of anilines is 1. The molecule has 0 aliphatic heterocycles. The van der Waals surface area contributed by atoms with E-state index in [0.717, 1.165) is 29.5 Å². The Labute approximate surface area is 176 Å². The number of hydrogen-bond donors (Lipinski definition) is 1. The van der Waals surface area contributed by atoms with Crippen LogP contribution in [0.5, 0.6) is 0 Å². The Balaban J connectivity index is 1.71. The van der Waals surface area contributed by atoms with Crippen LogP contribution in [0, 0.1) is 12.7 Å². The minimum atomic E-state index is -4.49. The monoisotopic (exact) mass is 453 g/mol. The van der Waals surface area contributed by atoms with Crippen LogP contribution in [-0.2, 0) is 6.18 Å². The van der Waals surface area contributed by atoms with Crippen molar-refractivity contribution < 1.29 is 22.4 Å². The van der Waals surface area contributed by atoms with E-state index in [1.807, 2.05) is 0 Å². The molecular weight excluding hydrogens is 442 g/mol. The maximum atomic E-state index is 14.0. The maximum Gasteiger partial charge on any atom is 0.416 e. The molecular formula is C20H12ClF4N3OS. The zero-order chi connectivity index (χ0) is 21.6. The van der Waals surface area contributed by atoms with E-state index in [0.29, 0.717) is 15.9 Å². The van der Waals surface area contributed by atoms with E-state index in [2.05, 4.69) is 10.4 Å². The molecule has 2 aromatic carbocycles. The number of carbonyl (C=O) groups excluding carboxylic acids is 1. The number of aryl methyl sites for hydroxylation is 1. The van der Waals surface area contributed by atoms with Gasteiger partial charge in [-0.1, -0.05) is 17.7 Å². The van der Waals surface area contributed by atoms with E-state index in [1.165, 1.54) is 28.9 Å². The lowest BCUT2D eigenvalue weighted by Gasteiger charge is -2.09. The van der Waals surface area contributed by atoms with E-state index >= 15 is 0 Å². The van der Waals surface area contributed by atoms with Gasteiger partial charge in [0.2, 0.25) is 0 Å². The fraction of sp³-hybridized carbons (Fsp3) is 0.100. The molecule has 154 valence electrons. The molecule has 2 heterocycles. The van der Waals surface area contributed by atoms with Crippen LogP contribution >= 0.6 is 22.9 Å². The predicted molar refractivity (Wildman–Crippen MR) is 108 cm³/mol. The Bertz CT molecular complexity index is 1280.